The number of unbranched alkanes of at least 4 members (excludes halogenated alkanes) is 6. The Morgan fingerprint density at radius 1 is 1.16 bits per heavy atom. The largest absolute Gasteiger partial charge is 0.481 e. The van der Waals surface area contributed by atoms with Crippen molar-refractivity contribution in [3.63, 3.8) is 0 Å². The zero-order valence-electron chi connectivity index (χ0n) is 11.9. The Kier molecular flexibility index (Phi) is 8.55. The summed E-state index contributed by atoms with van der Waals surface area (Å²) in [6.45, 7) is 2.32. The van der Waals surface area contributed by atoms with E-state index in [1.165, 1.54) is 43.4 Å². The van der Waals surface area contributed by atoms with Crippen LogP contribution in [-0.4, -0.2) is 11.1 Å². The Hall–Kier alpha value is -0.830. The molecule has 1 unspecified atom stereocenters. The fourth-order valence-corrected chi connectivity index (χ4v) is 3.15. The molecule has 1 heterocycles. The van der Waals surface area contributed by atoms with Gasteiger partial charge < -0.3 is 5.11 Å². The summed E-state index contributed by atoms with van der Waals surface area (Å²) >= 11 is 1.86. The van der Waals surface area contributed by atoms with Gasteiger partial charge in [-0.2, -0.15) is 0 Å². The van der Waals surface area contributed by atoms with Gasteiger partial charge in [0.15, 0.2) is 0 Å². The molecule has 0 fully saturated rings. The average molecular weight is 282 g/mol. The molecule has 1 atom stereocenters. The van der Waals surface area contributed by atoms with E-state index in [0.29, 0.717) is 12.3 Å². The van der Waals surface area contributed by atoms with Crippen LogP contribution in [0.25, 0.3) is 0 Å². The molecule has 0 aliphatic rings. The van der Waals surface area contributed by atoms with Crippen molar-refractivity contribution in [2.24, 2.45) is 0 Å². The molecule has 1 aromatic heterocycles. The van der Waals surface area contributed by atoms with Gasteiger partial charge >= 0.3 is 5.97 Å². The van der Waals surface area contributed by atoms with E-state index in [1.54, 1.807) is 0 Å². The lowest BCUT2D eigenvalue weighted by atomic mass is 10.0. The number of rotatable bonds is 11. The zero-order chi connectivity index (χ0) is 13.9. The van der Waals surface area contributed by atoms with Crippen molar-refractivity contribution in [3.05, 3.63) is 22.4 Å². The van der Waals surface area contributed by atoms with Crippen molar-refractivity contribution in [3.8, 4) is 0 Å². The maximum atomic E-state index is 10.3. The lowest BCUT2D eigenvalue weighted by molar-refractivity contribution is -0.137. The van der Waals surface area contributed by atoms with Gasteiger partial charge in [-0.3, -0.25) is 4.79 Å². The minimum atomic E-state index is -0.664. The molecule has 19 heavy (non-hydrogen) atoms. The molecular formula is C16H26O2S. The number of carboxylic acids is 1. The lowest BCUT2D eigenvalue weighted by Crippen LogP contribution is -1.93. The Morgan fingerprint density at radius 3 is 2.37 bits per heavy atom. The van der Waals surface area contributed by atoms with Gasteiger partial charge in [-0.1, -0.05) is 51.5 Å². The molecule has 0 radical (unpaired) electrons. The van der Waals surface area contributed by atoms with Crippen molar-refractivity contribution in [1.29, 1.82) is 0 Å². The number of hydrogen-bond donors (Lipinski definition) is 1. The predicted octanol–water partition coefficient (Wildman–Crippen LogP) is 5.45. The summed E-state index contributed by atoms with van der Waals surface area (Å²) < 4.78 is 0. The third-order valence-corrected chi connectivity index (χ3v) is 4.66. The first-order valence-electron chi connectivity index (χ1n) is 7.45. The Balaban J connectivity index is 1.87. The van der Waals surface area contributed by atoms with Crippen LogP contribution in [0.1, 0.15) is 75.5 Å². The summed E-state index contributed by atoms with van der Waals surface area (Å²) in [5.41, 5.74) is 0. The first kappa shape index (κ1) is 16.2. The number of thiophene rings is 1. The quantitative estimate of drug-likeness (QED) is 0.548. The van der Waals surface area contributed by atoms with Gasteiger partial charge in [0.1, 0.15) is 0 Å². The van der Waals surface area contributed by atoms with Gasteiger partial charge in [0.05, 0.1) is 0 Å². The van der Waals surface area contributed by atoms with Crippen molar-refractivity contribution >= 4 is 17.3 Å². The number of carbonyl (C=O) groups is 1. The molecule has 0 saturated carbocycles. The van der Waals surface area contributed by atoms with Gasteiger partial charge in [-0.05, 0) is 30.2 Å². The Labute approximate surface area is 120 Å². The highest BCUT2D eigenvalue weighted by molar-refractivity contribution is 7.10. The van der Waals surface area contributed by atoms with Crippen LogP contribution in [0.15, 0.2) is 17.5 Å². The summed E-state index contributed by atoms with van der Waals surface area (Å²) in [4.78, 5) is 11.8. The first-order chi connectivity index (χ1) is 9.20. The van der Waals surface area contributed by atoms with E-state index in [0.717, 1.165) is 12.8 Å². The van der Waals surface area contributed by atoms with Gasteiger partial charge in [0.25, 0.3) is 0 Å². The van der Waals surface area contributed by atoms with Gasteiger partial charge in [-0.15, -0.1) is 11.3 Å². The molecule has 2 nitrogen and oxygen atoms in total. The molecule has 1 aromatic rings. The molecule has 0 spiro atoms. The van der Waals surface area contributed by atoms with E-state index in [2.05, 4.69) is 24.4 Å². The van der Waals surface area contributed by atoms with E-state index >= 15 is 0 Å². The van der Waals surface area contributed by atoms with Crippen molar-refractivity contribution in [1.82, 2.24) is 0 Å². The topological polar surface area (TPSA) is 37.3 Å². The van der Waals surface area contributed by atoms with Crippen LogP contribution in [0.4, 0.5) is 0 Å². The summed E-state index contributed by atoms with van der Waals surface area (Å²) in [5, 5.41) is 10.7. The highest BCUT2D eigenvalue weighted by Gasteiger charge is 2.05. The second kappa shape index (κ2) is 10.0. The molecule has 0 saturated heterocycles. The summed E-state index contributed by atoms with van der Waals surface area (Å²) in [6.07, 6.45) is 9.90. The van der Waals surface area contributed by atoms with Crippen LogP contribution in [0.2, 0.25) is 0 Å². The Bertz CT molecular complexity index is 333. The van der Waals surface area contributed by atoms with Crippen molar-refractivity contribution in [2.75, 3.05) is 0 Å². The molecular weight excluding hydrogens is 256 g/mol. The SMILES string of the molecule is CC(CCCCCCCCCC(=O)O)c1cccs1. The molecule has 0 amide bonds. The number of hydrogen-bond acceptors (Lipinski definition) is 2. The predicted molar refractivity (Wildman–Crippen MR) is 81.9 cm³/mol. The Morgan fingerprint density at radius 2 is 1.79 bits per heavy atom. The summed E-state index contributed by atoms with van der Waals surface area (Å²) in [7, 11) is 0. The van der Waals surface area contributed by atoms with E-state index < -0.39 is 5.97 Å². The third-order valence-electron chi connectivity index (χ3n) is 3.56. The normalized spacial score (nSPS) is 12.5. The lowest BCUT2D eigenvalue weighted by Gasteiger charge is -2.08. The molecule has 0 bridgehead atoms. The summed E-state index contributed by atoms with van der Waals surface area (Å²) in [5.74, 6) is 0.0399. The van der Waals surface area contributed by atoms with Gasteiger partial charge in [-0.25, -0.2) is 0 Å². The third kappa shape index (κ3) is 8.04. The minimum absolute atomic E-state index is 0.332. The maximum absolute atomic E-state index is 10.3. The average Bonchev–Trinajstić information content (AvgIpc) is 2.90. The highest BCUT2D eigenvalue weighted by atomic mass is 32.1. The molecule has 0 aliphatic carbocycles. The van der Waals surface area contributed by atoms with Crippen molar-refractivity contribution < 1.29 is 9.90 Å². The molecule has 0 aromatic carbocycles. The van der Waals surface area contributed by atoms with Crippen LogP contribution >= 0.6 is 11.3 Å². The van der Waals surface area contributed by atoms with E-state index in [9.17, 15) is 4.79 Å². The molecule has 108 valence electrons. The van der Waals surface area contributed by atoms with Crippen LogP contribution < -0.4 is 0 Å². The standard InChI is InChI=1S/C16H26O2S/c1-14(15-11-9-13-19-15)10-7-5-3-2-4-6-8-12-16(17)18/h9,11,13-14H,2-8,10,12H2,1H3,(H,17,18). The van der Waals surface area contributed by atoms with Crippen molar-refractivity contribution in [2.45, 2.75) is 70.6 Å². The molecule has 1 rings (SSSR count). The molecule has 3 heteroatoms. The van der Waals surface area contributed by atoms with E-state index in [4.69, 9.17) is 5.11 Å². The fourth-order valence-electron chi connectivity index (χ4n) is 2.32. The van der Waals surface area contributed by atoms with Gasteiger partial charge in [0.2, 0.25) is 0 Å². The van der Waals surface area contributed by atoms with E-state index in [1.807, 2.05) is 11.3 Å². The highest BCUT2D eigenvalue weighted by Crippen LogP contribution is 2.25. The fraction of sp³-hybridized carbons (Fsp3) is 0.688. The van der Waals surface area contributed by atoms with E-state index in [-0.39, 0.29) is 0 Å². The van der Waals surface area contributed by atoms with Crippen LogP contribution in [-0.2, 0) is 4.79 Å². The minimum Gasteiger partial charge on any atom is -0.481 e. The number of aliphatic carboxylic acids is 1. The second-order valence-corrected chi connectivity index (χ2v) is 6.30. The molecule has 1 N–H and O–H groups in total. The number of carboxylic acid groups (broad SMARTS) is 1. The monoisotopic (exact) mass is 282 g/mol. The zero-order valence-corrected chi connectivity index (χ0v) is 12.8. The van der Waals surface area contributed by atoms with Crippen LogP contribution in [0.3, 0.4) is 0 Å². The summed E-state index contributed by atoms with van der Waals surface area (Å²) in [6, 6.07) is 4.37. The van der Waals surface area contributed by atoms with Crippen LogP contribution in [0.5, 0.6) is 0 Å². The van der Waals surface area contributed by atoms with Crippen LogP contribution in [0, 0.1) is 0 Å². The van der Waals surface area contributed by atoms with Gasteiger partial charge in [0, 0.05) is 11.3 Å². The maximum Gasteiger partial charge on any atom is 0.303 e. The first-order valence-corrected chi connectivity index (χ1v) is 8.33. The second-order valence-electron chi connectivity index (χ2n) is 5.32. The molecule has 0 aliphatic heterocycles. The smallest absolute Gasteiger partial charge is 0.303 e.